The van der Waals surface area contributed by atoms with Gasteiger partial charge < -0.3 is 10.0 Å². The maximum Gasteiger partial charge on any atom is 0.335 e. The van der Waals surface area contributed by atoms with E-state index in [0.717, 1.165) is 18.4 Å². The molecule has 0 aliphatic carbocycles. The van der Waals surface area contributed by atoms with Gasteiger partial charge in [0.2, 0.25) is 0 Å². The predicted molar refractivity (Wildman–Crippen MR) is 88.0 cm³/mol. The van der Waals surface area contributed by atoms with Crippen molar-refractivity contribution < 1.29 is 14.7 Å². The number of amides is 1. The highest BCUT2D eigenvalue weighted by atomic mass is 16.4. The van der Waals surface area contributed by atoms with Crippen LogP contribution in [0.4, 0.5) is 0 Å². The zero-order valence-electron chi connectivity index (χ0n) is 13.5. The van der Waals surface area contributed by atoms with Gasteiger partial charge in [-0.15, -0.1) is 0 Å². The Kier molecular flexibility index (Phi) is 4.55. The van der Waals surface area contributed by atoms with Crippen molar-refractivity contribution >= 4 is 11.9 Å². The van der Waals surface area contributed by atoms with Crippen molar-refractivity contribution in [2.75, 3.05) is 13.1 Å². The molecular weight excluding hydrogens is 306 g/mol. The van der Waals surface area contributed by atoms with Gasteiger partial charge in [0.1, 0.15) is 6.33 Å². The molecule has 6 nitrogen and oxygen atoms in total. The van der Waals surface area contributed by atoms with E-state index in [-0.39, 0.29) is 17.4 Å². The third-order valence-corrected chi connectivity index (χ3v) is 4.46. The first kappa shape index (κ1) is 16.1. The largest absolute Gasteiger partial charge is 0.478 e. The second kappa shape index (κ2) is 6.78. The summed E-state index contributed by atoms with van der Waals surface area (Å²) in [5, 5.41) is 9.15. The van der Waals surface area contributed by atoms with E-state index in [2.05, 4.69) is 9.97 Å². The number of benzene rings is 1. The Morgan fingerprint density at radius 3 is 2.92 bits per heavy atom. The maximum atomic E-state index is 12.7. The van der Waals surface area contributed by atoms with Crippen LogP contribution >= 0.6 is 0 Å². The normalized spacial score (nSPS) is 17.5. The van der Waals surface area contributed by atoms with Crippen LogP contribution in [0.25, 0.3) is 0 Å². The quantitative estimate of drug-likeness (QED) is 0.937. The lowest BCUT2D eigenvalue weighted by molar-refractivity contribution is 0.0687. The number of carbonyl (C=O) groups excluding carboxylic acids is 1. The van der Waals surface area contributed by atoms with E-state index in [1.807, 2.05) is 11.0 Å². The lowest BCUT2D eigenvalue weighted by Gasteiger charge is -2.33. The average molecular weight is 325 g/mol. The second-order valence-electron chi connectivity index (χ2n) is 6.04. The first-order valence-electron chi connectivity index (χ1n) is 7.95. The van der Waals surface area contributed by atoms with E-state index in [1.54, 1.807) is 31.3 Å². The Morgan fingerprint density at radius 1 is 1.33 bits per heavy atom. The van der Waals surface area contributed by atoms with Crippen LogP contribution in [0.5, 0.6) is 0 Å². The van der Waals surface area contributed by atoms with Crippen LogP contribution in [0.2, 0.25) is 0 Å². The summed E-state index contributed by atoms with van der Waals surface area (Å²) in [5.74, 6) is -0.850. The smallest absolute Gasteiger partial charge is 0.335 e. The molecule has 1 aromatic heterocycles. The van der Waals surface area contributed by atoms with Gasteiger partial charge in [-0.1, -0.05) is 12.1 Å². The van der Waals surface area contributed by atoms with E-state index in [9.17, 15) is 9.59 Å². The number of carbonyl (C=O) groups is 2. The summed E-state index contributed by atoms with van der Waals surface area (Å²) in [4.78, 5) is 33.7. The Bertz CT molecular complexity index is 776. The Balaban J connectivity index is 1.80. The van der Waals surface area contributed by atoms with Gasteiger partial charge in [0.15, 0.2) is 0 Å². The molecule has 1 N–H and O–H groups in total. The number of aromatic carboxylic acids is 1. The fraction of sp³-hybridized carbons (Fsp3) is 0.333. The first-order valence-corrected chi connectivity index (χ1v) is 7.95. The lowest BCUT2D eigenvalue weighted by atomic mass is 9.89. The first-order chi connectivity index (χ1) is 11.6. The minimum Gasteiger partial charge on any atom is -0.478 e. The molecule has 1 fully saturated rings. The van der Waals surface area contributed by atoms with Gasteiger partial charge in [-0.05, 0) is 37.5 Å². The highest BCUT2D eigenvalue weighted by Gasteiger charge is 2.27. The third-order valence-electron chi connectivity index (χ3n) is 4.46. The molecule has 0 saturated carbocycles. The van der Waals surface area contributed by atoms with Crippen LogP contribution in [0.1, 0.15) is 50.7 Å². The van der Waals surface area contributed by atoms with Crippen molar-refractivity contribution in [2.24, 2.45) is 0 Å². The van der Waals surface area contributed by atoms with Crippen LogP contribution < -0.4 is 0 Å². The minimum atomic E-state index is -0.933. The van der Waals surface area contributed by atoms with Gasteiger partial charge in [0.05, 0.1) is 16.8 Å². The number of carboxylic acids is 1. The van der Waals surface area contributed by atoms with E-state index in [0.29, 0.717) is 24.3 Å². The van der Waals surface area contributed by atoms with Crippen LogP contribution in [-0.4, -0.2) is 44.9 Å². The van der Waals surface area contributed by atoms with Gasteiger partial charge in [0.25, 0.3) is 5.91 Å². The fourth-order valence-corrected chi connectivity index (χ4v) is 3.13. The van der Waals surface area contributed by atoms with Gasteiger partial charge in [0, 0.05) is 25.2 Å². The average Bonchev–Trinajstić information content (AvgIpc) is 2.62. The molecule has 124 valence electrons. The Morgan fingerprint density at radius 2 is 2.17 bits per heavy atom. The molecule has 0 spiro atoms. The van der Waals surface area contributed by atoms with Gasteiger partial charge in [-0.3, -0.25) is 4.79 Å². The Hall–Kier alpha value is -2.76. The van der Waals surface area contributed by atoms with E-state index in [1.165, 1.54) is 6.33 Å². The molecule has 1 aromatic carbocycles. The molecule has 2 aromatic rings. The zero-order chi connectivity index (χ0) is 17.1. The van der Waals surface area contributed by atoms with Crippen molar-refractivity contribution in [1.29, 1.82) is 0 Å². The standard InChI is InChI=1S/C18H19N3O3/c1-12-16(9-19-11-20-12)17(22)21-7-3-6-15(10-21)13-4-2-5-14(8-13)18(23)24/h2,4-5,8-9,11,15H,3,6-7,10H2,1H3,(H,23,24)/t15-/m1/s1. The van der Waals surface area contributed by atoms with Crippen LogP contribution in [0.15, 0.2) is 36.8 Å². The molecule has 1 atom stereocenters. The number of nitrogens with zero attached hydrogens (tertiary/aromatic N) is 3. The zero-order valence-corrected chi connectivity index (χ0v) is 13.5. The summed E-state index contributed by atoms with van der Waals surface area (Å²) in [7, 11) is 0. The van der Waals surface area contributed by atoms with Gasteiger partial charge in [-0.25, -0.2) is 14.8 Å². The molecule has 2 heterocycles. The predicted octanol–water partition coefficient (Wildman–Crippen LogP) is 2.50. The highest BCUT2D eigenvalue weighted by Crippen LogP contribution is 2.28. The van der Waals surface area contributed by atoms with Gasteiger partial charge in [-0.2, -0.15) is 0 Å². The summed E-state index contributed by atoms with van der Waals surface area (Å²) in [6, 6.07) is 6.98. The fourth-order valence-electron chi connectivity index (χ4n) is 3.13. The molecule has 1 aliphatic rings. The molecule has 0 bridgehead atoms. The molecule has 3 rings (SSSR count). The Labute approximate surface area is 140 Å². The third kappa shape index (κ3) is 3.27. The van der Waals surface area contributed by atoms with Crippen LogP contribution in [0, 0.1) is 6.92 Å². The molecule has 24 heavy (non-hydrogen) atoms. The number of rotatable bonds is 3. The molecular formula is C18H19N3O3. The van der Waals surface area contributed by atoms with Crippen LogP contribution in [-0.2, 0) is 0 Å². The van der Waals surface area contributed by atoms with Gasteiger partial charge >= 0.3 is 5.97 Å². The van der Waals surface area contributed by atoms with Crippen molar-refractivity contribution in [3.05, 3.63) is 59.2 Å². The molecule has 1 aliphatic heterocycles. The highest BCUT2D eigenvalue weighted by molar-refractivity contribution is 5.95. The van der Waals surface area contributed by atoms with E-state index in [4.69, 9.17) is 5.11 Å². The number of hydrogen-bond acceptors (Lipinski definition) is 4. The summed E-state index contributed by atoms with van der Waals surface area (Å²) >= 11 is 0. The second-order valence-corrected chi connectivity index (χ2v) is 6.04. The van der Waals surface area contributed by atoms with Crippen LogP contribution in [0.3, 0.4) is 0 Å². The monoisotopic (exact) mass is 325 g/mol. The van der Waals surface area contributed by atoms with Crippen molar-refractivity contribution in [3.63, 3.8) is 0 Å². The lowest BCUT2D eigenvalue weighted by Crippen LogP contribution is -2.39. The molecule has 1 saturated heterocycles. The number of aryl methyl sites for hydroxylation is 1. The summed E-state index contributed by atoms with van der Waals surface area (Å²) < 4.78 is 0. The van der Waals surface area contributed by atoms with E-state index >= 15 is 0 Å². The molecule has 0 radical (unpaired) electrons. The minimum absolute atomic E-state index is 0.0628. The number of piperidine rings is 1. The summed E-state index contributed by atoms with van der Waals surface area (Å²) in [6.45, 7) is 3.07. The summed E-state index contributed by atoms with van der Waals surface area (Å²) in [5.41, 5.74) is 2.44. The maximum absolute atomic E-state index is 12.7. The topological polar surface area (TPSA) is 83.4 Å². The van der Waals surface area contributed by atoms with Crippen molar-refractivity contribution in [3.8, 4) is 0 Å². The van der Waals surface area contributed by atoms with E-state index < -0.39 is 5.97 Å². The number of likely N-dealkylation sites (tertiary alicyclic amines) is 1. The number of aromatic nitrogens is 2. The number of carboxylic acid groups (broad SMARTS) is 1. The van der Waals surface area contributed by atoms with Crippen molar-refractivity contribution in [1.82, 2.24) is 14.9 Å². The molecule has 6 heteroatoms. The van der Waals surface area contributed by atoms with Crippen molar-refractivity contribution in [2.45, 2.75) is 25.7 Å². The number of hydrogen-bond donors (Lipinski definition) is 1. The molecule has 0 unspecified atom stereocenters. The molecule has 1 amide bonds. The summed E-state index contributed by atoms with van der Waals surface area (Å²) in [6.07, 6.45) is 4.82. The SMILES string of the molecule is Cc1ncncc1C(=O)N1CCC[C@@H](c2cccc(C(=O)O)c2)C1.